The number of fused-ring (bicyclic) bond motifs is 1. The molecule has 0 amide bonds. The summed E-state index contributed by atoms with van der Waals surface area (Å²) in [4.78, 5) is 4.97. The largest absolute Gasteiger partial charge is 0.384 e. The van der Waals surface area contributed by atoms with Crippen LogP contribution in [0.25, 0.3) is 0 Å². The Balaban J connectivity index is 1.67. The molecule has 0 saturated carbocycles. The summed E-state index contributed by atoms with van der Waals surface area (Å²) in [7, 11) is 2.20. The molecule has 1 atom stereocenters. The minimum Gasteiger partial charge on any atom is -0.384 e. The SMILES string of the molecule is CN1CCN(CC2CNc3ccc(Cl)cc32)CC1. The van der Waals surface area contributed by atoms with Gasteiger partial charge in [-0.25, -0.2) is 0 Å². The average molecular weight is 266 g/mol. The Labute approximate surface area is 114 Å². The van der Waals surface area contributed by atoms with Gasteiger partial charge in [-0.15, -0.1) is 0 Å². The van der Waals surface area contributed by atoms with Crippen LogP contribution in [-0.2, 0) is 0 Å². The van der Waals surface area contributed by atoms with Gasteiger partial charge in [0.2, 0.25) is 0 Å². The zero-order valence-corrected chi connectivity index (χ0v) is 11.6. The van der Waals surface area contributed by atoms with E-state index >= 15 is 0 Å². The quantitative estimate of drug-likeness (QED) is 0.884. The van der Waals surface area contributed by atoms with Gasteiger partial charge in [0.15, 0.2) is 0 Å². The van der Waals surface area contributed by atoms with Crippen molar-refractivity contribution in [1.82, 2.24) is 9.80 Å². The molecule has 1 unspecified atom stereocenters. The second-order valence-corrected chi connectivity index (χ2v) is 5.85. The van der Waals surface area contributed by atoms with E-state index in [0.717, 1.165) is 18.1 Å². The van der Waals surface area contributed by atoms with Gasteiger partial charge in [-0.05, 0) is 30.8 Å². The normalized spacial score (nSPS) is 24.9. The molecule has 1 aromatic rings. The molecule has 0 aliphatic carbocycles. The number of nitrogens with one attached hydrogen (secondary N) is 1. The van der Waals surface area contributed by atoms with Crippen LogP contribution in [0, 0.1) is 0 Å². The minimum absolute atomic E-state index is 0.585. The van der Waals surface area contributed by atoms with Crippen LogP contribution in [0.3, 0.4) is 0 Å². The summed E-state index contributed by atoms with van der Waals surface area (Å²) >= 11 is 6.10. The maximum atomic E-state index is 6.10. The zero-order chi connectivity index (χ0) is 12.5. The van der Waals surface area contributed by atoms with Gasteiger partial charge in [0.25, 0.3) is 0 Å². The monoisotopic (exact) mass is 265 g/mol. The van der Waals surface area contributed by atoms with E-state index in [1.807, 2.05) is 6.07 Å². The van der Waals surface area contributed by atoms with Crippen molar-refractivity contribution < 1.29 is 0 Å². The Morgan fingerprint density at radius 3 is 2.83 bits per heavy atom. The molecule has 2 aliphatic heterocycles. The molecule has 1 aromatic carbocycles. The standard InChI is InChI=1S/C14H20ClN3/c1-17-4-6-18(7-5-17)10-11-9-16-14-3-2-12(15)8-13(11)14/h2-3,8,11,16H,4-7,9-10H2,1H3. The van der Waals surface area contributed by atoms with Gasteiger partial charge in [0.1, 0.15) is 0 Å². The van der Waals surface area contributed by atoms with E-state index in [1.54, 1.807) is 0 Å². The van der Waals surface area contributed by atoms with Gasteiger partial charge in [0, 0.05) is 55.9 Å². The number of halogens is 1. The first kappa shape index (κ1) is 12.3. The summed E-state index contributed by atoms with van der Waals surface area (Å²) in [6, 6.07) is 6.19. The Morgan fingerprint density at radius 1 is 1.28 bits per heavy atom. The van der Waals surface area contributed by atoms with Crippen molar-refractivity contribution in [3.63, 3.8) is 0 Å². The smallest absolute Gasteiger partial charge is 0.0410 e. The summed E-state index contributed by atoms with van der Waals surface area (Å²) in [5.41, 5.74) is 2.65. The lowest BCUT2D eigenvalue weighted by Gasteiger charge is -2.33. The van der Waals surface area contributed by atoms with Crippen LogP contribution in [-0.4, -0.2) is 56.1 Å². The molecule has 3 nitrogen and oxygen atoms in total. The third-order valence-electron chi connectivity index (χ3n) is 4.07. The van der Waals surface area contributed by atoms with Gasteiger partial charge in [-0.1, -0.05) is 11.6 Å². The summed E-state index contributed by atoms with van der Waals surface area (Å²) < 4.78 is 0. The van der Waals surface area contributed by atoms with Crippen LogP contribution in [0.4, 0.5) is 5.69 Å². The number of anilines is 1. The number of hydrogen-bond donors (Lipinski definition) is 1. The highest BCUT2D eigenvalue weighted by atomic mass is 35.5. The summed E-state index contributed by atoms with van der Waals surface area (Å²) in [5, 5.41) is 4.33. The predicted octanol–water partition coefficient (Wildman–Crippen LogP) is 2.10. The highest BCUT2D eigenvalue weighted by Gasteiger charge is 2.25. The highest BCUT2D eigenvalue weighted by Crippen LogP contribution is 2.34. The molecule has 1 fully saturated rings. The van der Waals surface area contributed by atoms with Crippen molar-refractivity contribution in [3.05, 3.63) is 28.8 Å². The van der Waals surface area contributed by atoms with Crippen LogP contribution in [0.15, 0.2) is 18.2 Å². The third kappa shape index (κ3) is 2.48. The summed E-state index contributed by atoms with van der Waals surface area (Å²) in [6.07, 6.45) is 0. The van der Waals surface area contributed by atoms with Crippen molar-refractivity contribution in [3.8, 4) is 0 Å². The first-order valence-electron chi connectivity index (χ1n) is 6.66. The molecule has 18 heavy (non-hydrogen) atoms. The Kier molecular flexibility index (Phi) is 3.46. The first-order valence-corrected chi connectivity index (χ1v) is 7.04. The second-order valence-electron chi connectivity index (χ2n) is 5.41. The molecule has 4 heteroatoms. The molecular formula is C14H20ClN3. The van der Waals surface area contributed by atoms with Crippen molar-refractivity contribution >= 4 is 17.3 Å². The first-order chi connectivity index (χ1) is 8.72. The van der Waals surface area contributed by atoms with Crippen LogP contribution >= 0.6 is 11.6 Å². The van der Waals surface area contributed by atoms with Crippen LogP contribution in [0.5, 0.6) is 0 Å². The topological polar surface area (TPSA) is 18.5 Å². The molecule has 0 bridgehead atoms. The lowest BCUT2D eigenvalue weighted by Crippen LogP contribution is -2.45. The maximum Gasteiger partial charge on any atom is 0.0410 e. The molecule has 2 heterocycles. The van der Waals surface area contributed by atoms with Gasteiger partial charge >= 0.3 is 0 Å². The lowest BCUT2D eigenvalue weighted by molar-refractivity contribution is 0.149. The number of benzene rings is 1. The Bertz CT molecular complexity index is 427. The van der Waals surface area contributed by atoms with Crippen LogP contribution in [0.1, 0.15) is 11.5 Å². The van der Waals surface area contributed by atoms with E-state index in [9.17, 15) is 0 Å². The molecule has 2 aliphatic rings. The van der Waals surface area contributed by atoms with Gasteiger partial charge in [0.05, 0.1) is 0 Å². The highest BCUT2D eigenvalue weighted by molar-refractivity contribution is 6.30. The average Bonchev–Trinajstić information content (AvgIpc) is 2.75. The van der Waals surface area contributed by atoms with E-state index in [0.29, 0.717) is 5.92 Å². The number of nitrogens with zero attached hydrogens (tertiary/aromatic N) is 2. The molecular weight excluding hydrogens is 246 g/mol. The van der Waals surface area contributed by atoms with Gasteiger partial charge in [-0.3, -0.25) is 0 Å². The minimum atomic E-state index is 0.585. The molecule has 0 spiro atoms. The number of hydrogen-bond acceptors (Lipinski definition) is 3. The molecule has 98 valence electrons. The second kappa shape index (κ2) is 5.08. The summed E-state index contributed by atoms with van der Waals surface area (Å²) in [5.74, 6) is 0.585. The molecule has 1 saturated heterocycles. The van der Waals surface area contributed by atoms with Crippen molar-refractivity contribution in [2.45, 2.75) is 5.92 Å². The van der Waals surface area contributed by atoms with Crippen molar-refractivity contribution in [2.75, 3.05) is 51.6 Å². The number of likely N-dealkylation sites (N-methyl/N-ethyl adjacent to an activating group) is 1. The van der Waals surface area contributed by atoms with E-state index in [4.69, 9.17) is 11.6 Å². The molecule has 3 rings (SSSR count). The number of rotatable bonds is 2. The van der Waals surface area contributed by atoms with E-state index in [1.165, 1.54) is 37.4 Å². The maximum absolute atomic E-state index is 6.10. The lowest BCUT2D eigenvalue weighted by atomic mass is 10.0. The third-order valence-corrected chi connectivity index (χ3v) is 4.30. The fraction of sp³-hybridized carbons (Fsp3) is 0.571. The summed E-state index contributed by atoms with van der Waals surface area (Å²) in [6.45, 7) is 6.92. The van der Waals surface area contributed by atoms with E-state index in [-0.39, 0.29) is 0 Å². The van der Waals surface area contributed by atoms with Gasteiger partial charge < -0.3 is 15.1 Å². The predicted molar refractivity (Wildman–Crippen MR) is 76.6 cm³/mol. The fourth-order valence-corrected chi connectivity index (χ4v) is 3.06. The number of piperazine rings is 1. The van der Waals surface area contributed by atoms with E-state index in [2.05, 4.69) is 34.3 Å². The van der Waals surface area contributed by atoms with E-state index < -0.39 is 0 Å². The van der Waals surface area contributed by atoms with Crippen molar-refractivity contribution in [2.24, 2.45) is 0 Å². The fourth-order valence-electron chi connectivity index (χ4n) is 2.88. The van der Waals surface area contributed by atoms with Crippen LogP contribution in [0.2, 0.25) is 5.02 Å². The Hall–Kier alpha value is -0.770. The molecule has 0 aromatic heterocycles. The van der Waals surface area contributed by atoms with Crippen LogP contribution < -0.4 is 5.32 Å². The molecule has 1 N–H and O–H groups in total. The zero-order valence-electron chi connectivity index (χ0n) is 10.8. The Morgan fingerprint density at radius 2 is 2.06 bits per heavy atom. The van der Waals surface area contributed by atoms with Crippen molar-refractivity contribution in [1.29, 1.82) is 0 Å². The van der Waals surface area contributed by atoms with Gasteiger partial charge in [-0.2, -0.15) is 0 Å². The molecule has 0 radical (unpaired) electrons.